The van der Waals surface area contributed by atoms with Crippen LogP contribution in [0.25, 0.3) is 21.8 Å². The minimum atomic E-state index is -0.770. The molecule has 122 valence electrons. The molecule has 1 N–H and O–H groups in total. The van der Waals surface area contributed by atoms with Crippen LogP contribution in [0.4, 0.5) is 0 Å². The zero-order valence-electron chi connectivity index (χ0n) is 13.1. The van der Waals surface area contributed by atoms with Gasteiger partial charge in [0.25, 0.3) is 0 Å². The number of halogens is 1. The number of benzene rings is 1. The van der Waals surface area contributed by atoms with E-state index >= 15 is 0 Å². The van der Waals surface area contributed by atoms with E-state index in [1.807, 2.05) is 37.4 Å². The van der Waals surface area contributed by atoms with E-state index in [1.165, 1.54) is 0 Å². The summed E-state index contributed by atoms with van der Waals surface area (Å²) in [5.41, 5.74) is 3.06. The molecule has 3 aromatic rings. The third-order valence-corrected chi connectivity index (χ3v) is 3.94. The number of aromatic nitrogens is 2. The Kier molecular flexibility index (Phi) is 5.11. The number of rotatable bonds is 5. The molecule has 0 aliphatic heterocycles. The highest BCUT2D eigenvalue weighted by molar-refractivity contribution is 6.09. The summed E-state index contributed by atoms with van der Waals surface area (Å²) in [6.45, 7) is 2.62. The van der Waals surface area contributed by atoms with E-state index in [9.17, 15) is 4.79 Å². The van der Waals surface area contributed by atoms with Gasteiger partial charge in [0.05, 0.1) is 23.8 Å². The van der Waals surface area contributed by atoms with Gasteiger partial charge in [0, 0.05) is 36.0 Å². The molecule has 0 atom stereocenters. The van der Waals surface area contributed by atoms with E-state index in [0.29, 0.717) is 13.0 Å². The molecule has 2 aromatic heterocycles. The number of ether oxygens (including phenoxy) is 1. The fourth-order valence-corrected chi connectivity index (χ4v) is 2.95. The summed E-state index contributed by atoms with van der Waals surface area (Å²) in [6.07, 6.45) is 2.55. The van der Waals surface area contributed by atoms with Gasteiger partial charge in [-0.1, -0.05) is 0 Å². The van der Waals surface area contributed by atoms with Crippen molar-refractivity contribution in [2.24, 2.45) is 0 Å². The molecule has 1 aromatic carbocycles. The zero-order valence-corrected chi connectivity index (χ0v) is 13.9. The summed E-state index contributed by atoms with van der Waals surface area (Å²) in [4.78, 5) is 15.2. The molecule has 2 heterocycles. The van der Waals surface area contributed by atoms with Gasteiger partial charge in [0.15, 0.2) is 0 Å². The van der Waals surface area contributed by atoms with Gasteiger partial charge in [0.1, 0.15) is 5.75 Å². The molecule has 6 heteroatoms. The van der Waals surface area contributed by atoms with Crippen LogP contribution < -0.4 is 4.74 Å². The highest BCUT2D eigenvalue weighted by Gasteiger charge is 2.14. The number of aliphatic carboxylic acids is 1. The summed E-state index contributed by atoms with van der Waals surface area (Å²) in [7, 11) is 1.64. The first-order valence-electron chi connectivity index (χ1n) is 7.25. The van der Waals surface area contributed by atoms with Gasteiger partial charge in [-0.2, -0.15) is 0 Å². The van der Waals surface area contributed by atoms with E-state index in [4.69, 9.17) is 9.84 Å². The van der Waals surface area contributed by atoms with Crippen molar-refractivity contribution < 1.29 is 14.6 Å². The molecule has 0 unspecified atom stereocenters. The molecule has 0 radical (unpaired) electrons. The van der Waals surface area contributed by atoms with E-state index < -0.39 is 5.97 Å². The molecule has 0 fully saturated rings. The minimum Gasteiger partial charge on any atom is -0.497 e. The predicted octanol–water partition coefficient (Wildman–Crippen LogP) is 3.79. The van der Waals surface area contributed by atoms with Gasteiger partial charge in [-0.25, -0.2) is 0 Å². The number of methoxy groups -OCH3 is 1. The number of carboxylic acid groups (broad SMARTS) is 1. The Hall–Kier alpha value is -2.27. The highest BCUT2D eigenvalue weighted by Crippen LogP contribution is 2.32. The smallest absolute Gasteiger partial charge is 0.303 e. The lowest BCUT2D eigenvalue weighted by molar-refractivity contribution is -0.137. The van der Waals surface area contributed by atoms with E-state index in [-0.39, 0.29) is 18.8 Å². The monoisotopic (exact) mass is 334 g/mol. The Balaban J connectivity index is 0.00000192. The van der Waals surface area contributed by atoms with Crippen molar-refractivity contribution in [2.75, 3.05) is 7.11 Å². The van der Waals surface area contributed by atoms with Crippen LogP contribution in [-0.2, 0) is 11.3 Å². The van der Waals surface area contributed by atoms with Crippen LogP contribution in [-0.4, -0.2) is 27.7 Å². The lowest BCUT2D eigenvalue weighted by Crippen LogP contribution is -2.03. The molecule has 3 rings (SSSR count). The fraction of sp³-hybridized carbons (Fsp3) is 0.294. The summed E-state index contributed by atoms with van der Waals surface area (Å²) in [5, 5.41) is 11.1. The Morgan fingerprint density at radius 1 is 1.30 bits per heavy atom. The van der Waals surface area contributed by atoms with E-state index in [1.54, 1.807) is 7.11 Å². The first-order chi connectivity index (χ1) is 10.6. The largest absolute Gasteiger partial charge is 0.497 e. The number of nitrogens with zero attached hydrogens (tertiary/aromatic N) is 2. The van der Waals surface area contributed by atoms with Crippen molar-refractivity contribution in [2.45, 2.75) is 26.3 Å². The summed E-state index contributed by atoms with van der Waals surface area (Å²) in [6, 6.07) is 7.99. The van der Waals surface area contributed by atoms with Crippen LogP contribution in [0.3, 0.4) is 0 Å². The summed E-state index contributed by atoms with van der Waals surface area (Å²) >= 11 is 0. The number of hydrogen-bond donors (Lipinski definition) is 1. The second-order valence-corrected chi connectivity index (χ2v) is 5.32. The maximum Gasteiger partial charge on any atom is 0.303 e. The standard InChI is InChI=1S/C17H18N2O3.ClH/c1-11-17-14(7-8-18-11)13-6-5-12(22-2)10-15(13)19(17)9-3-4-16(20)21;/h5-8,10H,3-4,9H2,1-2H3,(H,20,21);1H. The SMILES string of the molecule is COc1ccc2c3ccnc(C)c3n(CCCC(=O)O)c2c1.Cl. The molecule has 0 aliphatic carbocycles. The Bertz CT molecular complexity index is 858. The third-order valence-electron chi connectivity index (χ3n) is 3.94. The van der Waals surface area contributed by atoms with Crippen molar-refractivity contribution in [3.8, 4) is 5.75 Å². The first kappa shape index (κ1) is 17.1. The number of carboxylic acids is 1. The molecule has 0 saturated carbocycles. The highest BCUT2D eigenvalue weighted by atomic mass is 35.5. The van der Waals surface area contributed by atoms with Crippen LogP contribution in [0, 0.1) is 6.92 Å². The van der Waals surface area contributed by atoms with Gasteiger partial charge in [-0.15, -0.1) is 12.4 Å². The predicted molar refractivity (Wildman–Crippen MR) is 92.6 cm³/mol. The molecular formula is C17H19ClN2O3. The maximum atomic E-state index is 10.8. The second-order valence-electron chi connectivity index (χ2n) is 5.32. The quantitative estimate of drug-likeness (QED) is 0.771. The van der Waals surface area contributed by atoms with Crippen LogP contribution in [0.15, 0.2) is 30.5 Å². The number of pyridine rings is 1. The lowest BCUT2D eigenvalue weighted by Gasteiger charge is -2.08. The average Bonchev–Trinajstić information content (AvgIpc) is 2.82. The molecule has 23 heavy (non-hydrogen) atoms. The summed E-state index contributed by atoms with van der Waals surface area (Å²) < 4.78 is 7.47. The first-order valence-corrected chi connectivity index (χ1v) is 7.25. The Labute approximate surface area is 140 Å². The third kappa shape index (κ3) is 3.10. The van der Waals surface area contributed by atoms with Crippen LogP contribution in [0.2, 0.25) is 0 Å². The molecule has 0 spiro atoms. The molecular weight excluding hydrogens is 316 g/mol. The normalized spacial score (nSPS) is 10.7. The van der Waals surface area contributed by atoms with Crippen LogP contribution in [0.5, 0.6) is 5.75 Å². The van der Waals surface area contributed by atoms with Gasteiger partial charge < -0.3 is 14.4 Å². The molecule has 5 nitrogen and oxygen atoms in total. The van der Waals surface area contributed by atoms with Gasteiger partial charge in [-0.3, -0.25) is 9.78 Å². The zero-order chi connectivity index (χ0) is 15.7. The maximum absolute atomic E-state index is 10.8. The molecule has 0 aliphatic rings. The second kappa shape index (κ2) is 6.87. The van der Waals surface area contributed by atoms with Crippen molar-refractivity contribution in [3.05, 3.63) is 36.2 Å². The molecule has 0 saturated heterocycles. The van der Waals surface area contributed by atoms with Crippen molar-refractivity contribution >= 4 is 40.2 Å². The number of hydrogen-bond acceptors (Lipinski definition) is 3. The number of aryl methyl sites for hydroxylation is 2. The Morgan fingerprint density at radius 3 is 2.78 bits per heavy atom. The topological polar surface area (TPSA) is 64.4 Å². The van der Waals surface area contributed by atoms with E-state index in [2.05, 4.69) is 9.55 Å². The van der Waals surface area contributed by atoms with Crippen molar-refractivity contribution in [1.29, 1.82) is 0 Å². The van der Waals surface area contributed by atoms with Gasteiger partial charge in [0.2, 0.25) is 0 Å². The minimum absolute atomic E-state index is 0. The summed E-state index contributed by atoms with van der Waals surface area (Å²) in [5.74, 6) is 0.0218. The average molecular weight is 335 g/mol. The van der Waals surface area contributed by atoms with Crippen LogP contribution >= 0.6 is 12.4 Å². The molecule has 0 amide bonds. The van der Waals surface area contributed by atoms with Crippen LogP contribution in [0.1, 0.15) is 18.5 Å². The lowest BCUT2D eigenvalue weighted by atomic mass is 10.1. The van der Waals surface area contributed by atoms with Gasteiger partial charge >= 0.3 is 5.97 Å². The Morgan fingerprint density at radius 2 is 2.09 bits per heavy atom. The number of carbonyl (C=O) groups is 1. The molecule has 0 bridgehead atoms. The van der Waals surface area contributed by atoms with Crippen molar-refractivity contribution in [3.63, 3.8) is 0 Å². The number of fused-ring (bicyclic) bond motifs is 3. The van der Waals surface area contributed by atoms with Gasteiger partial charge in [-0.05, 0) is 31.5 Å². The van der Waals surface area contributed by atoms with Crippen molar-refractivity contribution in [1.82, 2.24) is 9.55 Å². The fourth-order valence-electron chi connectivity index (χ4n) is 2.95. The van der Waals surface area contributed by atoms with E-state index in [0.717, 1.165) is 33.2 Å².